The van der Waals surface area contributed by atoms with E-state index in [0.717, 1.165) is 12.8 Å². The van der Waals surface area contributed by atoms with Crippen molar-refractivity contribution in [2.24, 2.45) is 5.92 Å². The molecule has 0 fully saturated rings. The maximum Gasteiger partial charge on any atom is 0.331 e. The minimum atomic E-state index is -0.992. The minimum absolute atomic E-state index is 0.241. The highest BCUT2D eigenvalue weighted by molar-refractivity contribution is 5.88. The Hall–Kier alpha value is -1.32. The highest BCUT2D eigenvalue weighted by Crippen LogP contribution is 2.22. The van der Waals surface area contributed by atoms with Crippen LogP contribution in [0.1, 0.15) is 25.7 Å². The van der Waals surface area contributed by atoms with Crippen molar-refractivity contribution in [1.82, 2.24) is 0 Å². The molecule has 0 aromatic heterocycles. The molecule has 1 atom stereocenters. The van der Waals surface area contributed by atoms with Crippen LogP contribution in [0.2, 0.25) is 0 Å². The molecule has 0 aromatic rings. The van der Waals surface area contributed by atoms with Crippen LogP contribution in [0, 0.1) is 5.92 Å². The summed E-state index contributed by atoms with van der Waals surface area (Å²) in [5.74, 6) is -2.54. The SMILES string of the molecule is O=C(O)C1=CC(C(=O)O)CCCC1. The summed E-state index contributed by atoms with van der Waals surface area (Å²) in [6.45, 7) is 0. The van der Waals surface area contributed by atoms with Gasteiger partial charge in [0.15, 0.2) is 0 Å². The van der Waals surface area contributed by atoms with Gasteiger partial charge >= 0.3 is 11.9 Å². The van der Waals surface area contributed by atoms with Crippen LogP contribution < -0.4 is 0 Å². The number of hydrogen-bond acceptors (Lipinski definition) is 2. The van der Waals surface area contributed by atoms with Crippen molar-refractivity contribution in [3.8, 4) is 0 Å². The molecule has 0 saturated carbocycles. The Labute approximate surface area is 75.9 Å². The van der Waals surface area contributed by atoms with Gasteiger partial charge in [0.1, 0.15) is 0 Å². The summed E-state index contributed by atoms with van der Waals surface area (Å²) in [6.07, 6.45) is 3.95. The molecule has 2 N–H and O–H groups in total. The first kappa shape index (κ1) is 9.77. The van der Waals surface area contributed by atoms with Crippen molar-refractivity contribution in [3.63, 3.8) is 0 Å². The van der Waals surface area contributed by atoms with Gasteiger partial charge in [0.2, 0.25) is 0 Å². The molecule has 1 rings (SSSR count). The van der Waals surface area contributed by atoms with Gasteiger partial charge in [0, 0.05) is 5.57 Å². The highest BCUT2D eigenvalue weighted by atomic mass is 16.4. The zero-order valence-electron chi connectivity index (χ0n) is 7.19. The van der Waals surface area contributed by atoms with Gasteiger partial charge in [-0.05, 0) is 19.3 Å². The largest absolute Gasteiger partial charge is 0.481 e. The molecule has 1 aliphatic rings. The Kier molecular flexibility index (Phi) is 3.06. The first-order valence-corrected chi connectivity index (χ1v) is 4.28. The first-order chi connectivity index (χ1) is 6.11. The maximum absolute atomic E-state index is 10.6. The van der Waals surface area contributed by atoms with E-state index in [1.165, 1.54) is 6.08 Å². The molecule has 0 aliphatic heterocycles. The maximum atomic E-state index is 10.6. The second-order valence-corrected chi connectivity index (χ2v) is 3.19. The zero-order chi connectivity index (χ0) is 9.84. The topological polar surface area (TPSA) is 74.6 Å². The van der Waals surface area contributed by atoms with Crippen molar-refractivity contribution in [1.29, 1.82) is 0 Å². The molecule has 1 aliphatic carbocycles. The van der Waals surface area contributed by atoms with Crippen LogP contribution in [0.15, 0.2) is 11.6 Å². The molecule has 4 nitrogen and oxygen atoms in total. The van der Waals surface area contributed by atoms with Gasteiger partial charge in [0.25, 0.3) is 0 Å². The molecular weight excluding hydrogens is 172 g/mol. The molecule has 0 spiro atoms. The smallest absolute Gasteiger partial charge is 0.331 e. The molecule has 72 valence electrons. The van der Waals surface area contributed by atoms with Crippen LogP contribution >= 0.6 is 0 Å². The second kappa shape index (κ2) is 4.07. The van der Waals surface area contributed by atoms with Crippen molar-refractivity contribution in [2.45, 2.75) is 25.7 Å². The number of carboxylic acids is 2. The van der Waals surface area contributed by atoms with E-state index >= 15 is 0 Å². The summed E-state index contributed by atoms with van der Waals surface area (Å²) in [7, 11) is 0. The van der Waals surface area contributed by atoms with Crippen molar-refractivity contribution >= 4 is 11.9 Å². The Morgan fingerprint density at radius 3 is 2.54 bits per heavy atom. The van der Waals surface area contributed by atoms with Crippen LogP contribution in [0.4, 0.5) is 0 Å². The third-order valence-electron chi connectivity index (χ3n) is 2.21. The Balaban J connectivity index is 2.80. The van der Waals surface area contributed by atoms with Gasteiger partial charge in [-0.3, -0.25) is 4.79 Å². The van der Waals surface area contributed by atoms with E-state index in [0.29, 0.717) is 12.8 Å². The predicted molar refractivity (Wildman–Crippen MR) is 45.3 cm³/mol. The van der Waals surface area contributed by atoms with Gasteiger partial charge in [-0.25, -0.2) is 4.79 Å². The van der Waals surface area contributed by atoms with E-state index in [-0.39, 0.29) is 5.57 Å². The number of carboxylic acid groups (broad SMARTS) is 2. The third kappa shape index (κ3) is 2.57. The number of aliphatic carboxylic acids is 2. The summed E-state index contributed by atoms with van der Waals surface area (Å²) in [5, 5.41) is 17.4. The van der Waals surface area contributed by atoms with Crippen molar-refractivity contribution < 1.29 is 19.8 Å². The molecule has 0 aromatic carbocycles. The van der Waals surface area contributed by atoms with Crippen molar-refractivity contribution in [2.75, 3.05) is 0 Å². The van der Waals surface area contributed by atoms with Crippen LogP contribution in [-0.4, -0.2) is 22.2 Å². The van der Waals surface area contributed by atoms with E-state index in [1.54, 1.807) is 0 Å². The molecule has 4 heteroatoms. The summed E-state index contributed by atoms with van der Waals surface area (Å²) >= 11 is 0. The first-order valence-electron chi connectivity index (χ1n) is 4.28. The number of hydrogen-bond donors (Lipinski definition) is 2. The fourth-order valence-electron chi connectivity index (χ4n) is 1.46. The lowest BCUT2D eigenvalue weighted by Crippen LogP contribution is -2.11. The highest BCUT2D eigenvalue weighted by Gasteiger charge is 2.20. The molecule has 0 saturated heterocycles. The molecular formula is C9H12O4. The molecule has 1 unspecified atom stereocenters. The lowest BCUT2D eigenvalue weighted by atomic mass is 10.0. The average molecular weight is 184 g/mol. The molecule has 0 amide bonds. The van der Waals surface area contributed by atoms with Crippen LogP contribution in [0.25, 0.3) is 0 Å². The van der Waals surface area contributed by atoms with E-state index in [9.17, 15) is 9.59 Å². The lowest BCUT2D eigenvalue weighted by molar-refractivity contribution is -0.140. The molecule has 0 radical (unpaired) electrons. The van der Waals surface area contributed by atoms with E-state index < -0.39 is 17.9 Å². The van der Waals surface area contributed by atoms with Crippen LogP contribution in [0.5, 0.6) is 0 Å². The van der Waals surface area contributed by atoms with Gasteiger partial charge in [-0.15, -0.1) is 0 Å². The van der Waals surface area contributed by atoms with Crippen LogP contribution in [-0.2, 0) is 9.59 Å². The standard InChI is InChI=1S/C9H12O4/c10-8(11)6-3-1-2-4-7(5-6)9(12)13/h5-6H,1-4H2,(H,10,11)(H,12,13). The van der Waals surface area contributed by atoms with Gasteiger partial charge in [-0.2, -0.15) is 0 Å². The second-order valence-electron chi connectivity index (χ2n) is 3.19. The summed E-state index contributed by atoms with van der Waals surface area (Å²) < 4.78 is 0. The molecule has 0 heterocycles. The van der Waals surface area contributed by atoms with E-state index in [1.807, 2.05) is 0 Å². The average Bonchev–Trinajstić information content (AvgIpc) is 2.28. The Bertz CT molecular complexity index is 254. The fraction of sp³-hybridized carbons (Fsp3) is 0.556. The monoisotopic (exact) mass is 184 g/mol. The Morgan fingerprint density at radius 1 is 1.31 bits per heavy atom. The number of rotatable bonds is 2. The van der Waals surface area contributed by atoms with Gasteiger partial charge in [-0.1, -0.05) is 12.5 Å². The van der Waals surface area contributed by atoms with E-state index in [4.69, 9.17) is 10.2 Å². The quantitative estimate of drug-likeness (QED) is 0.677. The third-order valence-corrected chi connectivity index (χ3v) is 2.21. The lowest BCUT2D eigenvalue weighted by Gasteiger charge is -2.03. The number of carbonyl (C=O) groups is 2. The van der Waals surface area contributed by atoms with Gasteiger partial charge < -0.3 is 10.2 Å². The predicted octanol–water partition coefficient (Wildman–Crippen LogP) is 1.27. The van der Waals surface area contributed by atoms with Crippen LogP contribution in [0.3, 0.4) is 0 Å². The molecule has 13 heavy (non-hydrogen) atoms. The molecule has 0 bridgehead atoms. The minimum Gasteiger partial charge on any atom is -0.481 e. The Morgan fingerprint density at radius 2 is 2.00 bits per heavy atom. The van der Waals surface area contributed by atoms with E-state index in [2.05, 4.69) is 0 Å². The fourth-order valence-corrected chi connectivity index (χ4v) is 1.46. The summed E-state index contributed by atoms with van der Waals surface area (Å²) in [6, 6.07) is 0. The van der Waals surface area contributed by atoms with Gasteiger partial charge in [0.05, 0.1) is 5.92 Å². The zero-order valence-corrected chi connectivity index (χ0v) is 7.19. The van der Waals surface area contributed by atoms with Crippen molar-refractivity contribution in [3.05, 3.63) is 11.6 Å². The summed E-state index contributed by atoms with van der Waals surface area (Å²) in [5.41, 5.74) is 0.241. The normalized spacial score (nSPS) is 23.1. The summed E-state index contributed by atoms with van der Waals surface area (Å²) in [4.78, 5) is 21.3.